The van der Waals surface area contributed by atoms with Crippen LogP contribution in [0.25, 0.3) is 0 Å². The van der Waals surface area contributed by atoms with Crippen LogP contribution in [0.4, 0.5) is 5.69 Å². The third-order valence-corrected chi connectivity index (χ3v) is 5.26. The minimum absolute atomic E-state index is 0.0409. The second-order valence-corrected chi connectivity index (χ2v) is 8.11. The zero-order valence-electron chi connectivity index (χ0n) is 19.4. The molecule has 9 nitrogen and oxygen atoms in total. The highest BCUT2D eigenvalue weighted by Crippen LogP contribution is 2.22. The smallest absolute Gasteiger partial charge is 0.312 e. The Morgan fingerprint density at radius 3 is 2.30 bits per heavy atom. The Kier molecular flexibility index (Phi) is 7.78. The molecule has 9 heteroatoms. The van der Waals surface area contributed by atoms with E-state index in [1.807, 2.05) is 50.5 Å². The van der Waals surface area contributed by atoms with Crippen molar-refractivity contribution in [1.82, 2.24) is 20.0 Å². The summed E-state index contributed by atoms with van der Waals surface area (Å²) in [6.07, 6.45) is 0. The normalized spacial score (nSPS) is 10.9. The Labute approximate surface area is 193 Å². The summed E-state index contributed by atoms with van der Waals surface area (Å²) >= 11 is 0. The van der Waals surface area contributed by atoms with Crippen molar-refractivity contribution >= 4 is 11.6 Å². The molecule has 0 saturated heterocycles. The van der Waals surface area contributed by atoms with Crippen molar-refractivity contribution in [1.29, 1.82) is 0 Å². The van der Waals surface area contributed by atoms with Crippen LogP contribution in [-0.2, 0) is 13.1 Å². The molecule has 0 radical (unpaired) electrons. The Balaban J connectivity index is 1.53. The standard InChI is InChI=1S/C24H29N5O4/c1-17-23(29(31)32)18(2)28(26-17)16-20-5-9-21(10-6-20)24(30)25-15-19-7-11-22(12-8-19)33-14-13-27(3)4/h5-12H,13-16H2,1-4H3,(H,25,30). The van der Waals surface area contributed by atoms with Gasteiger partial charge in [0.05, 0.1) is 11.5 Å². The minimum Gasteiger partial charge on any atom is -0.492 e. The van der Waals surface area contributed by atoms with Gasteiger partial charge in [-0.05, 0) is 63.3 Å². The zero-order valence-corrected chi connectivity index (χ0v) is 19.4. The molecule has 0 atom stereocenters. The number of aryl methyl sites for hydroxylation is 1. The molecule has 0 fully saturated rings. The predicted molar refractivity (Wildman–Crippen MR) is 126 cm³/mol. The van der Waals surface area contributed by atoms with Gasteiger partial charge < -0.3 is 15.0 Å². The summed E-state index contributed by atoms with van der Waals surface area (Å²) in [7, 11) is 4.00. The molecule has 0 aliphatic carbocycles. The quantitative estimate of drug-likeness (QED) is 0.375. The Morgan fingerprint density at radius 1 is 1.09 bits per heavy atom. The first-order valence-corrected chi connectivity index (χ1v) is 10.7. The average Bonchev–Trinajstić information content (AvgIpc) is 3.06. The van der Waals surface area contributed by atoms with Gasteiger partial charge in [-0.2, -0.15) is 5.10 Å². The fourth-order valence-corrected chi connectivity index (χ4v) is 3.37. The van der Waals surface area contributed by atoms with Gasteiger partial charge >= 0.3 is 5.69 Å². The molecule has 0 unspecified atom stereocenters. The number of hydrogen-bond acceptors (Lipinski definition) is 6. The molecule has 1 amide bonds. The lowest BCUT2D eigenvalue weighted by molar-refractivity contribution is -0.386. The number of hydrogen-bond donors (Lipinski definition) is 1. The molecular formula is C24H29N5O4. The van der Waals surface area contributed by atoms with Crippen LogP contribution in [0.15, 0.2) is 48.5 Å². The van der Waals surface area contributed by atoms with E-state index in [4.69, 9.17) is 4.74 Å². The molecule has 0 saturated carbocycles. The molecule has 174 valence electrons. The average molecular weight is 452 g/mol. The number of nitrogens with one attached hydrogen (secondary N) is 1. The molecule has 3 rings (SSSR count). The van der Waals surface area contributed by atoms with Gasteiger partial charge in [0.2, 0.25) is 0 Å². The third kappa shape index (κ3) is 6.39. The van der Waals surface area contributed by atoms with Crippen LogP contribution in [0.1, 0.15) is 32.9 Å². The first-order chi connectivity index (χ1) is 15.7. The summed E-state index contributed by atoms with van der Waals surface area (Å²) in [6, 6.07) is 14.8. The van der Waals surface area contributed by atoms with Gasteiger partial charge in [-0.1, -0.05) is 24.3 Å². The molecule has 0 aliphatic heterocycles. The van der Waals surface area contributed by atoms with Crippen LogP contribution >= 0.6 is 0 Å². The van der Waals surface area contributed by atoms with Crippen LogP contribution in [0.3, 0.4) is 0 Å². The summed E-state index contributed by atoms with van der Waals surface area (Å²) in [4.78, 5) is 25.3. The van der Waals surface area contributed by atoms with Gasteiger partial charge in [-0.15, -0.1) is 0 Å². The van der Waals surface area contributed by atoms with Gasteiger partial charge in [0, 0.05) is 18.7 Å². The number of benzene rings is 2. The van der Waals surface area contributed by atoms with Crippen LogP contribution in [0.5, 0.6) is 5.75 Å². The van der Waals surface area contributed by atoms with E-state index in [0.717, 1.165) is 23.4 Å². The summed E-state index contributed by atoms with van der Waals surface area (Å²) in [5.74, 6) is 0.630. The highest BCUT2D eigenvalue weighted by Gasteiger charge is 2.21. The second-order valence-electron chi connectivity index (χ2n) is 8.11. The van der Waals surface area contributed by atoms with Crippen molar-refractivity contribution < 1.29 is 14.5 Å². The summed E-state index contributed by atoms with van der Waals surface area (Å²) < 4.78 is 7.29. The number of aromatic nitrogens is 2. The van der Waals surface area contributed by atoms with Crippen molar-refractivity contribution in [3.05, 3.63) is 86.7 Å². The number of ether oxygens (including phenoxy) is 1. The van der Waals surface area contributed by atoms with Gasteiger partial charge in [0.25, 0.3) is 5.91 Å². The summed E-state index contributed by atoms with van der Waals surface area (Å²) in [5.41, 5.74) is 3.36. The van der Waals surface area contributed by atoms with Crippen LogP contribution in [0.2, 0.25) is 0 Å². The number of carbonyl (C=O) groups is 1. The Morgan fingerprint density at radius 2 is 1.73 bits per heavy atom. The van der Waals surface area contributed by atoms with Gasteiger partial charge in [0.15, 0.2) is 0 Å². The van der Waals surface area contributed by atoms with E-state index in [9.17, 15) is 14.9 Å². The summed E-state index contributed by atoms with van der Waals surface area (Å²) in [6.45, 7) is 5.58. The molecule has 0 aliphatic rings. The largest absolute Gasteiger partial charge is 0.492 e. The number of rotatable bonds is 10. The van der Waals surface area contributed by atoms with Crippen LogP contribution < -0.4 is 10.1 Å². The van der Waals surface area contributed by atoms with Gasteiger partial charge in [0.1, 0.15) is 23.7 Å². The Hall–Kier alpha value is -3.72. The maximum Gasteiger partial charge on any atom is 0.312 e. The molecule has 2 aromatic carbocycles. The van der Waals surface area contributed by atoms with E-state index >= 15 is 0 Å². The number of carbonyl (C=O) groups excluding carboxylic acids is 1. The number of nitrogens with zero attached hydrogens (tertiary/aromatic N) is 4. The zero-order chi connectivity index (χ0) is 24.0. The molecule has 3 aromatic rings. The highest BCUT2D eigenvalue weighted by molar-refractivity contribution is 5.94. The van der Waals surface area contributed by atoms with Crippen molar-refractivity contribution in [3.63, 3.8) is 0 Å². The van der Waals surface area contributed by atoms with Crippen molar-refractivity contribution in [3.8, 4) is 5.75 Å². The first kappa shape index (κ1) is 23.9. The van der Waals surface area contributed by atoms with E-state index in [2.05, 4.69) is 15.3 Å². The van der Waals surface area contributed by atoms with E-state index in [1.165, 1.54) is 0 Å². The predicted octanol–water partition coefficient (Wildman–Crippen LogP) is 3.33. The maximum atomic E-state index is 12.5. The van der Waals surface area contributed by atoms with Gasteiger partial charge in [-0.25, -0.2) is 0 Å². The molecular weight excluding hydrogens is 422 g/mol. The number of amides is 1. The molecule has 33 heavy (non-hydrogen) atoms. The number of nitro groups is 1. The minimum atomic E-state index is -0.409. The Bertz CT molecular complexity index is 1110. The van der Waals surface area contributed by atoms with Gasteiger partial charge in [-0.3, -0.25) is 19.6 Å². The second kappa shape index (κ2) is 10.7. The van der Waals surface area contributed by atoms with Crippen LogP contribution in [-0.4, -0.2) is 52.8 Å². The first-order valence-electron chi connectivity index (χ1n) is 10.7. The van der Waals surface area contributed by atoms with Crippen LogP contribution in [0, 0.1) is 24.0 Å². The molecule has 0 spiro atoms. The number of likely N-dealkylation sites (N-methyl/N-ethyl adjacent to an activating group) is 1. The van der Waals surface area contributed by atoms with Crippen molar-refractivity contribution in [2.75, 3.05) is 27.2 Å². The lowest BCUT2D eigenvalue weighted by Crippen LogP contribution is -2.22. The van der Waals surface area contributed by atoms with E-state index in [1.54, 1.807) is 30.7 Å². The molecule has 1 aromatic heterocycles. The highest BCUT2D eigenvalue weighted by atomic mass is 16.6. The topological polar surface area (TPSA) is 103 Å². The van der Waals surface area contributed by atoms with Crippen molar-refractivity contribution in [2.24, 2.45) is 0 Å². The third-order valence-electron chi connectivity index (χ3n) is 5.26. The van der Waals surface area contributed by atoms with E-state index in [-0.39, 0.29) is 11.6 Å². The van der Waals surface area contributed by atoms with E-state index in [0.29, 0.717) is 36.6 Å². The molecule has 1 N–H and O–H groups in total. The fourth-order valence-electron chi connectivity index (χ4n) is 3.37. The monoisotopic (exact) mass is 451 g/mol. The SMILES string of the molecule is Cc1nn(Cc2ccc(C(=O)NCc3ccc(OCCN(C)C)cc3)cc2)c(C)c1[N+](=O)[O-]. The fraction of sp³-hybridized carbons (Fsp3) is 0.333. The molecule has 0 bridgehead atoms. The van der Waals surface area contributed by atoms with E-state index < -0.39 is 4.92 Å². The summed E-state index contributed by atoms with van der Waals surface area (Å²) in [5, 5.41) is 18.4. The molecule has 1 heterocycles. The maximum absolute atomic E-state index is 12.5. The van der Waals surface area contributed by atoms with Crippen molar-refractivity contribution in [2.45, 2.75) is 26.9 Å². The lowest BCUT2D eigenvalue weighted by atomic mass is 10.1. The lowest BCUT2D eigenvalue weighted by Gasteiger charge is -2.11.